The van der Waals surface area contributed by atoms with E-state index in [0.29, 0.717) is 67.4 Å². The van der Waals surface area contributed by atoms with Crippen molar-refractivity contribution in [1.29, 1.82) is 0 Å². The van der Waals surface area contributed by atoms with Gasteiger partial charge in [-0.25, -0.2) is 40.6 Å². The van der Waals surface area contributed by atoms with Crippen LogP contribution in [0, 0.1) is 0 Å². The number of fused-ring (bicyclic) bond motifs is 3. The number of carbonyl (C=O) groups is 1. The Morgan fingerprint density at radius 2 is 2.00 bits per heavy atom. The van der Waals surface area contributed by atoms with Crippen molar-refractivity contribution in [3.05, 3.63) is 40.9 Å². The number of alkyl halides is 3. The average molecular weight is 537 g/mol. The van der Waals surface area contributed by atoms with E-state index in [2.05, 4.69) is 14.9 Å². The van der Waals surface area contributed by atoms with Gasteiger partial charge in [0.05, 0.1) is 6.26 Å². The van der Waals surface area contributed by atoms with Crippen LogP contribution in [0.1, 0.15) is 11.5 Å². The van der Waals surface area contributed by atoms with E-state index in [0.717, 1.165) is 16.7 Å². The zero-order valence-corrected chi connectivity index (χ0v) is 20.5. The summed E-state index contributed by atoms with van der Waals surface area (Å²) in [4.78, 5) is 31.7. The van der Waals surface area contributed by atoms with Gasteiger partial charge in [-0.2, -0.15) is 13.2 Å². The number of aromatic nitrogens is 1. The lowest BCUT2D eigenvalue weighted by atomic mass is 10.2. The molecule has 37 heavy (non-hydrogen) atoms. The van der Waals surface area contributed by atoms with Crippen LogP contribution >= 0.6 is 11.3 Å². The summed E-state index contributed by atoms with van der Waals surface area (Å²) in [6, 6.07) is 3.32. The first-order valence-corrected chi connectivity index (χ1v) is 12.4. The summed E-state index contributed by atoms with van der Waals surface area (Å²) >= 11 is 1.00. The fourth-order valence-corrected chi connectivity index (χ4v) is 5.61. The minimum absolute atomic E-state index is 0.210. The van der Waals surface area contributed by atoms with Crippen LogP contribution in [0.2, 0.25) is 0 Å². The Morgan fingerprint density at radius 3 is 2.68 bits per heavy atom. The summed E-state index contributed by atoms with van der Waals surface area (Å²) in [7, 11) is 1.67. The van der Waals surface area contributed by atoms with Crippen LogP contribution in [-0.4, -0.2) is 101 Å². The number of nitrogens with two attached hydrogens (primary N) is 1. The molecule has 0 radical (unpaired) electrons. The molecule has 2 fully saturated rings. The molecule has 2 aromatic rings. The van der Waals surface area contributed by atoms with Crippen molar-refractivity contribution in [3.8, 4) is 0 Å². The number of carbonyl (C=O) groups excluding carboxylic acids is 1. The second kappa shape index (κ2) is 8.74. The standard InChI is InChI=1S/C21H23F3N10O2S/c1-29-20(35)32(9-6-30-4-7-31(8-5-30)19-27-14(11-37-19)21(22,23)24)18-28-17-16(34(18)29)15(26-12-33(17)25)13-3-2-10-36-13/h2-3,10-12,18H,4-9,25H2,1H3. The van der Waals surface area contributed by atoms with Crippen LogP contribution in [0.5, 0.6) is 0 Å². The number of hydrogen-bond donors (Lipinski definition) is 1. The SMILES string of the molecule is CN1C(=O)N(CCN2CCN(c3nc(C(F)(F)F)cs3)CC2)C2N=C3C(=C(c4ccco4)N=CN3N)N21. The minimum atomic E-state index is -4.44. The number of aliphatic imine (C=N–C) groups is 2. The monoisotopic (exact) mass is 536 g/mol. The number of halogens is 3. The summed E-state index contributed by atoms with van der Waals surface area (Å²) in [5.41, 5.74) is 0.252. The van der Waals surface area contributed by atoms with E-state index in [9.17, 15) is 18.0 Å². The zero-order chi connectivity index (χ0) is 25.9. The van der Waals surface area contributed by atoms with E-state index >= 15 is 0 Å². The molecule has 2 aromatic heterocycles. The molecular weight excluding hydrogens is 513 g/mol. The predicted molar refractivity (Wildman–Crippen MR) is 129 cm³/mol. The maximum atomic E-state index is 13.1. The third-order valence-electron chi connectivity index (χ3n) is 6.64. The summed E-state index contributed by atoms with van der Waals surface area (Å²) in [6.07, 6.45) is -2.06. The highest BCUT2D eigenvalue weighted by Gasteiger charge is 2.51. The molecule has 6 rings (SSSR count). The highest BCUT2D eigenvalue weighted by atomic mass is 32.1. The summed E-state index contributed by atoms with van der Waals surface area (Å²) in [5.74, 6) is 7.11. The van der Waals surface area contributed by atoms with Gasteiger partial charge in [0.15, 0.2) is 22.4 Å². The second-order valence-corrected chi connectivity index (χ2v) is 9.65. The Hall–Kier alpha value is -3.63. The largest absolute Gasteiger partial charge is 0.463 e. The highest BCUT2D eigenvalue weighted by Crippen LogP contribution is 2.38. The third-order valence-corrected chi connectivity index (χ3v) is 7.54. The highest BCUT2D eigenvalue weighted by molar-refractivity contribution is 7.13. The van der Waals surface area contributed by atoms with E-state index in [1.54, 1.807) is 35.4 Å². The van der Waals surface area contributed by atoms with Gasteiger partial charge in [0.1, 0.15) is 17.7 Å². The molecule has 1 unspecified atom stereocenters. The van der Waals surface area contributed by atoms with Gasteiger partial charge in [-0.3, -0.25) is 9.80 Å². The number of rotatable bonds is 5. The van der Waals surface area contributed by atoms with Crippen LogP contribution in [0.4, 0.5) is 23.1 Å². The number of hydrogen-bond acceptors (Lipinski definition) is 11. The van der Waals surface area contributed by atoms with Crippen LogP contribution in [-0.2, 0) is 6.18 Å². The predicted octanol–water partition coefficient (Wildman–Crippen LogP) is 1.74. The molecule has 0 aliphatic carbocycles. The van der Waals surface area contributed by atoms with Crippen LogP contribution in [0.25, 0.3) is 5.70 Å². The van der Waals surface area contributed by atoms with Crippen molar-refractivity contribution in [2.24, 2.45) is 15.8 Å². The molecule has 16 heteroatoms. The van der Waals surface area contributed by atoms with Crippen LogP contribution in [0.15, 0.2) is 43.9 Å². The van der Waals surface area contributed by atoms with Crippen LogP contribution in [0.3, 0.4) is 0 Å². The lowest BCUT2D eigenvalue weighted by Gasteiger charge is -2.35. The van der Waals surface area contributed by atoms with E-state index < -0.39 is 18.2 Å². The fraction of sp³-hybridized carbons (Fsp3) is 0.429. The maximum Gasteiger partial charge on any atom is 0.434 e. The van der Waals surface area contributed by atoms with Crippen molar-refractivity contribution >= 4 is 40.4 Å². The number of piperazine rings is 1. The summed E-state index contributed by atoms with van der Waals surface area (Å²) in [6.45, 7) is 3.37. The van der Waals surface area contributed by atoms with E-state index in [1.807, 2.05) is 4.90 Å². The van der Waals surface area contributed by atoms with Gasteiger partial charge in [0.2, 0.25) is 6.29 Å². The number of amidine groups is 1. The van der Waals surface area contributed by atoms with Gasteiger partial charge in [0, 0.05) is 51.7 Å². The van der Waals surface area contributed by atoms with Gasteiger partial charge in [-0.15, -0.1) is 11.3 Å². The van der Waals surface area contributed by atoms with Crippen molar-refractivity contribution in [1.82, 2.24) is 29.8 Å². The van der Waals surface area contributed by atoms with E-state index in [-0.39, 0.29) is 6.03 Å². The first-order valence-electron chi connectivity index (χ1n) is 11.5. The molecule has 2 N–H and O–H groups in total. The fourth-order valence-electron chi connectivity index (χ4n) is 4.72. The van der Waals surface area contributed by atoms with Gasteiger partial charge in [-0.1, -0.05) is 0 Å². The molecule has 196 valence electrons. The lowest BCUT2D eigenvalue weighted by Crippen LogP contribution is -2.49. The molecule has 12 nitrogen and oxygen atoms in total. The van der Waals surface area contributed by atoms with Crippen LogP contribution < -0.4 is 10.7 Å². The number of amides is 2. The molecule has 4 aliphatic heterocycles. The number of furan rings is 1. The molecule has 1 atom stereocenters. The van der Waals surface area contributed by atoms with Gasteiger partial charge in [-0.05, 0) is 12.1 Å². The van der Waals surface area contributed by atoms with Gasteiger partial charge < -0.3 is 9.32 Å². The van der Waals surface area contributed by atoms with E-state index in [4.69, 9.17) is 15.3 Å². The first-order chi connectivity index (χ1) is 17.7. The molecule has 2 saturated heterocycles. The summed E-state index contributed by atoms with van der Waals surface area (Å²) < 4.78 is 44.2. The first kappa shape index (κ1) is 23.7. The normalized spacial score (nSPS) is 22.4. The Bertz CT molecular complexity index is 1280. The molecular formula is C21H23F3N10O2S. The Labute approximate surface area is 213 Å². The zero-order valence-electron chi connectivity index (χ0n) is 19.7. The number of hydrazine groups is 2. The quantitative estimate of drug-likeness (QED) is 0.576. The Balaban J connectivity index is 1.13. The number of urea groups is 1. The smallest absolute Gasteiger partial charge is 0.434 e. The number of nitrogens with zero attached hydrogens (tertiary/aromatic N) is 9. The Morgan fingerprint density at radius 1 is 1.22 bits per heavy atom. The van der Waals surface area contributed by atoms with Crippen molar-refractivity contribution in [2.75, 3.05) is 51.2 Å². The van der Waals surface area contributed by atoms with Crippen molar-refractivity contribution in [2.45, 2.75) is 12.5 Å². The molecule has 6 heterocycles. The molecule has 2 amide bonds. The second-order valence-electron chi connectivity index (χ2n) is 8.81. The molecule has 0 spiro atoms. The van der Waals surface area contributed by atoms with Gasteiger partial charge in [0.25, 0.3) is 0 Å². The maximum absolute atomic E-state index is 13.1. The minimum Gasteiger partial charge on any atom is -0.463 e. The third kappa shape index (κ3) is 4.00. The Kier molecular flexibility index (Phi) is 5.61. The lowest BCUT2D eigenvalue weighted by molar-refractivity contribution is -0.140. The summed E-state index contributed by atoms with van der Waals surface area (Å²) in [5, 5.41) is 5.98. The topological polar surface area (TPSA) is 113 Å². The number of thiazole rings is 1. The van der Waals surface area contributed by atoms with Crippen molar-refractivity contribution in [3.63, 3.8) is 0 Å². The average Bonchev–Trinajstić information content (AvgIpc) is 3.66. The van der Waals surface area contributed by atoms with Gasteiger partial charge >= 0.3 is 12.2 Å². The molecule has 0 bridgehead atoms. The molecule has 4 aliphatic rings. The van der Waals surface area contributed by atoms with Crippen molar-refractivity contribution < 1.29 is 22.4 Å². The molecule has 0 aromatic carbocycles. The van der Waals surface area contributed by atoms with E-state index in [1.165, 1.54) is 16.4 Å². The molecule has 0 saturated carbocycles. The number of anilines is 1.